The molecule has 0 aromatic heterocycles. The zero-order valence-corrected chi connectivity index (χ0v) is 14.1. The van der Waals surface area contributed by atoms with Crippen LogP contribution in [0.15, 0.2) is 29.2 Å². The Hall–Kier alpha value is -1.60. The Morgan fingerprint density at radius 3 is 2.41 bits per heavy atom. The second-order valence-electron chi connectivity index (χ2n) is 5.26. The van der Waals surface area contributed by atoms with Crippen molar-refractivity contribution >= 4 is 15.9 Å². The Morgan fingerprint density at radius 2 is 1.86 bits per heavy atom. The molecule has 7 heteroatoms. The molecule has 0 fully saturated rings. The summed E-state index contributed by atoms with van der Waals surface area (Å²) in [6.45, 7) is 6.75. The van der Waals surface area contributed by atoms with Gasteiger partial charge in [0.1, 0.15) is 5.75 Å². The van der Waals surface area contributed by atoms with Gasteiger partial charge in [0, 0.05) is 6.54 Å². The van der Waals surface area contributed by atoms with E-state index in [2.05, 4.69) is 23.9 Å². The first-order valence-corrected chi connectivity index (χ1v) is 8.82. The number of ether oxygens (including phenoxy) is 1. The number of amides is 1. The lowest BCUT2D eigenvalue weighted by molar-refractivity contribution is -0.119. The number of carbonyl (C=O) groups is 1. The van der Waals surface area contributed by atoms with Gasteiger partial charge in [-0.05, 0) is 43.5 Å². The van der Waals surface area contributed by atoms with Gasteiger partial charge in [0.25, 0.3) is 0 Å². The Morgan fingerprint density at radius 1 is 1.23 bits per heavy atom. The van der Waals surface area contributed by atoms with Crippen LogP contribution in [-0.4, -0.2) is 34.0 Å². The molecule has 1 aromatic carbocycles. The van der Waals surface area contributed by atoms with Crippen LogP contribution in [0.1, 0.15) is 27.2 Å². The molecule has 124 valence electrons. The minimum Gasteiger partial charge on any atom is -0.494 e. The first-order chi connectivity index (χ1) is 10.3. The summed E-state index contributed by atoms with van der Waals surface area (Å²) in [5.41, 5.74) is 0. The molecule has 0 aliphatic rings. The summed E-state index contributed by atoms with van der Waals surface area (Å²) in [6, 6.07) is 6.07. The molecular formula is C15H24N2O4S. The summed E-state index contributed by atoms with van der Waals surface area (Å²) in [5.74, 6) is 0.754. The highest BCUT2D eigenvalue weighted by Gasteiger charge is 2.15. The Labute approximate surface area is 132 Å². The van der Waals surface area contributed by atoms with Gasteiger partial charge in [-0.3, -0.25) is 4.79 Å². The Kier molecular flexibility index (Phi) is 7.34. The van der Waals surface area contributed by atoms with E-state index in [0.29, 0.717) is 24.8 Å². The summed E-state index contributed by atoms with van der Waals surface area (Å²) in [6.07, 6.45) is 0.859. The summed E-state index contributed by atoms with van der Waals surface area (Å²) >= 11 is 0. The molecule has 0 heterocycles. The van der Waals surface area contributed by atoms with Crippen molar-refractivity contribution in [2.24, 2.45) is 5.92 Å². The topological polar surface area (TPSA) is 84.5 Å². The van der Waals surface area contributed by atoms with Gasteiger partial charge in [-0.15, -0.1) is 0 Å². The van der Waals surface area contributed by atoms with Gasteiger partial charge in [-0.25, -0.2) is 13.1 Å². The van der Waals surface area contributed by atoms with Crippen molar-refractivity contribution in [1.29, 1.82) is 0 Å². The largest absolute Gasteiger partial charge is 0.494 e. The molecule has 0 aliphatic carbocycles. The quantitative estimate of drug-likeness (QED) is 0.720. The number of nitrogens with one attached hydrogen (secondary N) is 2. The predicted molar refractivity (Wildman–Crippen MR) is 85.3 cm³/mol. The van der Waals surface area contributed by atoms with Gasteiger partial charge in [0.2, 0.25) is 15.9 Å². The molecule has 22 heavy (non-hydrogen) atoms. The molecule has 1 aromatic rings. The second kappa shape index (κ2) is 8.75. The average Bonchev–Trinajstić information content (AvgIpc) is 2.46. The van der Waals surface area contributed by atoms with Crippen molar-refractivity contribution in [1.82, 2.24) is 10.0 Å². The average molecular weight is 328 g/mol. The third kappa shape index (κ3) is 6.44. The van der Waals surface area contributed by atoms with E-state index in [4.69, 9.17) is 4.74 Å². The molecule has 0 spiro atoms. The molecule has 6 nitrogen and oxygen atoms in total. The van der Waals surface area contributed by atoms with Crippen LogP contribution in [0.25, 0.3) is 0 Å². The zero-order chi connectivity index (χ0) is 16.6. The summed E-state index contributed by atoms with van der Waals surface area (Å²) in [7, 11) is -3.69. The van der Waals surface area contributed by atoms with Gasteiger partial charge in [0.15, 0.2) is 0 Å². The van der Waals surface area contributed by atoms with E-state index in [1.165, 1.54) is 12.1 Å². The molecule has 0 unspecified atom stereocenters. The monoisotopic (exact) mass is 328 g/mol. The van der Waals surface area contributed by atoms with Gasteiger partial charge in [-0.1, -0.05) is 13.8 Å². The van der Waals surface area contributed by atoms with E-state index in [-0.39, 0.29) is 17.3 Å². The molecule has 1 amide bonds. The van der Waals surface area contributed by atoms with E-state index in [1.54, 1.807) is 12.1 Å². The molecular weight excluding hydrogens is 304 g/mol. The molecule has 0 radical (unpaired) electrons. The fraction of sp³-hybridized carbons (Fsp3) is 0.533. The van der Waals surface area contributed by atoms with Crippen molar-refractivity contribution in [3.05, 3.63) is 24.3 Å². The highest BCUT2D eigenvalue weighted by molar-refractivity contribution is 7.89. The molecule has 0 saturated heterocycles. The van der Waals surface area contributed by atoms with Gasteiger partial charge >= 0.3 is 0 Å². The third-order valence-electron chi connectivity index (χ3n) is 2.91. The maximum atomic E-state index is 12.1. The van der Waals surface area contributed by atoms with Crippen LogP contribution in [0.3, 0.4) is 0 Å². The van der Waals surface area contributed by atoms with Crippen LogP contribution in [0, 0.1) is 5.92 Å². The number of sulfonamides is 1. The molecule has 0 saturated carbocycles. The lowest BCUT2D eigenvalue weighted by atomic mass is 10.1. The fourth-order valence-electron chi connectivity index (χ4n) is 1.69. The lowest BCUT2D eigenvalue weighted by Crippen LogP contribution is -2.37. The van der Waals surface area contributed by atoms with Gasteiger partial charge in [0.05, 0.1) is 18.0 Å². The minimum absolute atomic E-state index is 0.103. The third-order valence-corrected chi connectivity index (χ3v) is 4.33. The van der Waals surface area contributed by atoms with E-state index in [0.717, 1.165) is 6.42 Å². The van der Waals surface area contributed by atoms with Crippen molar-refractivity contribution in [3.8, 4) is 5.75 Å². The van der Waals surface area contributed by atoms with Crippen molar-refractivity contribution in [2.75, 3.05) is 19.7 Å². The van der Waals surface area contributed by atoms with Crippen LogP contribution in [0.5, 0.6) is 5.75 Å². The first kappa shape index (κ1) is 18.4. The number of benzene rings is 1. The summed E-state index contributed by atoms with van der Waals surface area (Å²) in [4.78, 5) is 11.7. The maximum Gasteiger partial charge on any atom is 0.241 e. The van der Waals surface area contributed by atoms with Crippen LogP contribution < -0.4 is 14.8 Å². The van der Waals surface area contributed by atoms with E-state index < -0.39 is 10.0 Å². The first-order valence-electron chi connectivity index (χ1n) is 7.34. The molecule has 0 aliphatic heterocycles. The smallest absolute Gasteiger partial charge is 0.241 e. The van der Waals surface area contributed by atoms with Gasteiger partial charge in [-0.2, -0.15) is 0 Å². The normalized spacial score (nSPS) is 11.5. The Bertz CT molecular complexity index is 568. The highest BCUT2D eigenvalue weighted by Crippen LogP contribution is 2.15. The minimum atomic E-state index is -3.69. The lowest BCUT2D eigenvalue weighted by Gasteiger charge is -2.09. The number of hydrogen-bond acceptors (Lipinski definition) is 4. The molecule has 1 rings (SSSR count). The van der Waals surface area contributed by atoms with Gasteiger partial charge < -0.3 is 10.1 Å². The van der Waals surface area contributed by atoms with Crippen molar-refractivity contribution in [3.63, 3.8) is 0 Å². The van der Waals surface area contributed by atoms with Crippen LogP contribution >= 0.6 is 0 Å². The standard InChI is InChI=1S/C15H24N2O4S/c1-4-21-13-5-7-14(8-6-13)22(19,20)17-11-15(18)16-10-9-12(2)3/h5-8,12,17H,4,9-11H2,1-3H3,(H,16,18). The van der Waals surface area contributed by atoms with E-state index in [1.807, 2.05) is 6.92 Å². The number of rotatable bonds is 9. The van der Waals surface area contributed by atoms with Crippen LogP contribution in [-0.2, 0) is 14.8 Å². The Balaban J connectivity index is 2.51. The fourth-order valence-corrected chi connectivity index (χ4v) is 2.67. The van der Waals surface area contributed by atoms with Crippen LogP contribution in [0.2, 0.25) is 0 Å². The van der Waals surface area contributed by atoms with E-state index >= 15 is 0 Å². The van der Waals surface area contributed by atoms with Crippen molar-refractivity contribution in [2.45, 2.75) is 32.1 Å². The SMILES string of the molecule is CCOc1ccc(S(=O)(=O)NCC(=O)NCCC(C)C)cc1. The number of hydrogen-bond donors (Lipinski definition) is 2. The van der Waals surface area contributed by atoms with E-state index in [9.17, 15) is 13.2 Å². The molecule has 2 N–H and O–H groups in total. The van der Waals surface area contributed by atoms with Crippen LogP contribution in [0.4, 0.5) is 0 Å². The summed E-state index contributed by atoms with van der Waals surface area (Å²) in [5, 5.41) is 2.68. The zero-order valence-electron chi connectivity index (χ0n) is 13.3. The highest BCUT2D eigenvalue weighted by atomic mass is 32.2. The second-order valence-corrected chi connectivity index (χ2v) is 7.03. The molecule has 0 atom stereocenters. The molecule has 0 bridgehead atoms. The maximum absolute atomic E-state index is 12.1. The number of carbonyl (C=O) groups excluding carboxylic acids is 1. The summed E-state index contributed by atoms with van der Waals surface area (Å²) < 4.78 is 31.7. The predicted octanol–water partition coefficient (Wildman–Crippen LogP) is 1.53. The van der Waals surface area contributed by atoms with Crippen molar-refractivity contribution < 1.29 is 17.9 Å².